The molecule has 2 amide bonds. The highest BCUT2D eigenvalue weighted by Gasteiger charge is 2.40. The summed E-state index contributed by atoms with van der Waals surface area (Å²) in [6.45, 7) is 6.85. The SMILES string of the molecule is CCOc1ccc(-c2ncccc2[C@H](CC)N2C(=O)c3ccccc3C2=O)cc1OCC. The summed E-state index contributed by atoms with van der Waals surface area (Å²) < 4.78 is 11.5. The molecule has 0 N–H and O–H groups in total. The molecule has 1 aliphatic heterocycles. The fraction of sp³-hybridized carbons (Fsp3) is 0.269. The minimum absolute atomic E-state index is 0.269. The van der Waals surface area contributed by atoms with Gasteiger partial charge in [-0.15, -0.1) is 0 Å². The van der Waals surface area contributed by atoms with Crippen LogP contribution >= 0.6 is 0 Å². The number of carbonyl (C=O) groups excluding carboxylic acids is 2. The molecular formula is C26H26N2O4. The predicted molar refractivity (Wildman–Crippen MR) is 122 cm³/mol. The van der Waals surface area contributed by atoms with Gasteiger partial charge in [-0.05, 0) is 56.7 Å². The van der Waals surface area contributed by atoms with E-state index in [2.05, 4.69) is 4.98 Å². The van der Waals surface area contributed by atoms with Crippen LogP contribution in [0.3, 0.4) is 0 Å². The predicted octanol–water partition coefficient (Wildman–Crippen LogP) is 5.29. The number of benzene rings is 2. The monoisotopic (exact) mass is 430 g/mol. The van der Waals surface area contributed by atoms with Crippen LogP contribution in [0.25, 0.3) is 11.3 Å². The zero-order valence-corrected chi connectivity index (χ0v) is 18.5. The van der Waals surface area contributed by atoms with Gasteiger partial charge in [-0.1, -0.05) is 25.1 Å². The van der Waals surface area contributed by atoms with Crippen LogP contribution in [0.4, 0.5) is 0 Å². The van der Waals surface area contributed by atoms with Gasteiger partial charge < -0.3 is 9.47 Å². The van der Waals surface area contributed by atoms with Gasteiger partial charge in [0.15, 0.2) is 11.5 Å². The van der Waals surface area contributed by atoms with Gasteiger partial charge >= 0.3 is 0 Å². The van der Waals surface area contributed by atoms with Gasteiger partial charge in [0.1, 0.15) is 0 Å². The summed E-state index contributed by atoms with van der Waals surface area (Å²) in [5, 5.41) is 0. The van der Waals surface area contributed by atoms with Crippen LogP contribution in [0.2, 0.25) is 0 Å². The van der Waals surface area contributed by atoms with E-state index in [0.29, 0.717) is 48.0 Å². The van der Waals surface area contributed by atoms with Gasteiger partial charge in [0.05, 0.1) is 36.1 Å². The number of rotatable bonds is 8. The van der Waals surface area contributed by atoms with Gasteiger partial charge in [0.25, 0.3) is 11.8 Å². The van der Waals surface area contributed by atoms with Crippen molar-refractivity contribution in [1.29, 1.82) is 0 Å². The van der Waals surface area contributed by atoms with E-state index in [1.165, 1.54) is 4.90 Å². The molecule has 3 aromatic rings. The van der Waals surface area contributed by atoms with E-state index in [4.69, 9.17) is 9.47 Å². The standard InChI is InChI=1S/C26H26N2O4/c1-4-21(28-25(29)18-10-7-8-11-19(18)26(28)30)20-12-9-15-27-24(20)17-13-14-22(31-5-2)23(16-17)32-6-3/h7-16,21H,4-6H2,1-3H3/t21-/m0/s1. The van der Waals surface area contributed by atoms with Crippen LogP contribution in [0.1, 0.15) is 59.5 Å². The number of hydrogen-bond acceptors (Lipinski definition) is 5. The van der Waals surface area contributed by atoms with Gasteiger partial charge in [-0.25, -0.2) is 0 Å². The second-order valence-electron chi connectivity index (χ2n) is 7.42. The Labute approximate surface area is 187 Å². The van der Waals surface area contributed by atoms with Crippen molar-refractivity contribution >= 4 is 11.8 Å². The smallest absolute Gasteiger partial charge is 0.262 e. The molecule has 1 aromatic heterocycles. The first-order chi connectivity index (χ1) is 15.6. The molecule has 0 fully saturated rings. The molecule has 164 valence electrons. The lowest BCUT2D eigenvalue weighted by Gasteiger charge is -2.27. The van der Waals surface area contributed by atoms with Crippen molar-refractivity contribution in [2.75, 3.05) is 13.2 Å². The van der Waals surface area contributed by atoms with Crippen LogP contribution in [-0.2, 0) is 0 Å². The van der Waals surface area contributed by atoms with Crippen LogP contribution in [0.15, 0.2) is 60.8 Å². The number of fused-ring (bicyclic) bond motifs is 1. The van der Waals surface area contributed by atoms with E-state index < -0.39 is 6.04 Å². The van der Waals surface area contributed by atoms with Crippen molar-refractivity contribution in [2.24, 2.45) is 0 Å². The summed E-state index contributed by atoms with van der Waals surface area (Å²) in [4.78, 5) is 32.2. The molecule has 6 nitrogen and oxygen atoms in total. The van der Waals surface area contributed by atoms with Crippen molar-refractivity contribution in [2.45, 2.75) is 33.2 Å². The summed E-state index contributed by atoms with van der Waals surface area (Å²) in [6, 6.07) is 16.0. The number of pyridine rings is 1. The van der Waals surface area contributed by atoms with E-state index >= 15 is 0 Å². The molecule has 0 aliphatic carbocycles. The fourth-order valence-electron chi connectivity index (χ4n) is 4.16. The molecule has 32 heavy (non-hydrogen) atoms. The Hall–Kier alpha value is -3.67. The summed E-state index contributed by atoms with van der Waals surface area (Å²) in [5.41, 5.74) is 3.25. The number of hydrogen-bond donors (Lipinski definition) is 0. The molecule has 0 saturated carbocycles. The summed E-state index contributed by atoms with van der Waals surface area (Å²) in [7, 11) is 0. The molecular weight excluding hydrogens is 404 g/mol. The third-order valence-corrected chi connectivity index (χ3v) is 5.54. The molecule has 2 heterocycles. The fourth-order valence-corrected chi connectivity index (χ4v) is 4.16. The summed E-state index contributed by atoms with van der Waals surface area (Å²) in [6.07, 6.45) is 2.28. The molecule has 1 atom stereocenters. The Morgan fingerprint density at radius 1 is 0.844 bits per heavy atom. The lowest BCUT2D eigenvalue weighted by atomic mass is 9.96. The maximum Gasteiger partial charge on any atom is 0.262 e. The second-order valence-corrected chi connectivity index (χ2v) is 7.42. The average Bonchev–Trinajstić information content (AvgIpc) is 3.07. The van der Waals surface area contributed by atoms with Gasteiger partial charge in [-0.3, -0.25) is 19.5 Å². The second kappa shape index (κ2) is 9.22. The third kappa shape index (κ3) is 3.73. The minimum Gasteiger partial charge on any atom is -0.490 e. The number of amides is 2. The molecule has 4 rings (SSSR count). The maximum absolute atomic E-state index is 13.1. The molecule has 0 spiro atoms. The topological polar surface area (TPSA) is 68.7 Å². The zero-order chi connectivity index (χ0) is 22.7. The van der Waals surface area contributed by atoms with Gasteiger partial charge in [0, 0.05) is 17.3 Å². The Balaban J connectivity index is 1.78. The lowest BCUT2D eigenvalue weighted by molar-refractivity contribution is 0.0578. The summed E-state index contributed by atoms with van der Waals surface area (Å²) in [5.74, 6) is 0.767. The van der Waals surface area contributed by atoms with Crippen LogP contribution in [0, 0.1) is 0 Å². The Kier molecular flexibility index (Phi) is 6.21. The largest absolute Gasteiger partial charge is 0.490 e. The number of ether oxygens (including phenoxy) is 2. The molecule has 6 heteroatoms. The highest BCUT2D eigenvalue weighted by Crippen LogP contribution is 2.39. The van der Waals surface area contributed by atoms with Crippen molar-refractivity contribution in [3.63, 3.8) is 0 Å². The van der Waals surface area contributed by atoms with Crippen LogP contribution in [-0.4, -0.2) is 34.9 Å². The van der Waals surface area contributed by atoms with E-state index in [0.717, 1.165) is 11.1 Å². The normalized spacial score (nSPS) is 13.8. The highest BCUT2D eigenvalue weighted by molar-refractivity contribution is 6.21. The molecule has 0 unspecified atom stereocenters. The van der Waals surface area contributed by atoms with Crippen LogP contribution < -0.4 is 9.47 Å². The molecule has 0 saturated heterocycles. The highest BCUT2D eigenvalue weighted by atomic mass is 16.5. The lowest BCUT2D eigenvalue weighted by Crippen LogP contribution is -2.34. The van der Waals surface area contributed by atoms with Gasteiger partial charge in [0.2, 0.25) is 0 Å². The van der Waals surface area contributed by atoms with Gasteiger partial charge in [-0.2, -0.15) is 0 Å². The number of aromatic nitrogens is 1. The first-order valence-corrected chi connectivity index (χ1v) is 10.9. The third-order valence-electron chi connectivity index (χ3n) is 5.54. The zero-order valence-electron chi connectivity index (χ0n) is 18.5. The van der Waals surface area contributed by atoms with Crippen molar-refractivity contribution in [1.82, 2.24) is 9.88 Å². The number of imide groups is 1. The number of nitrogens with zero attached hydrogens (tertiary/aromatic N) is 2. The minimum atomic E-state index is -0.437. The van der Waals surface area contributed by atoms with E-state index in [9.17, 15) is 9.59 Å². The van der Waals surface area contributed by atoms with E-state index in [-0.39, 0.29) is 11.8 Å². The van der Waals surface area contributed by atoms with E-state index in [1.807, 2.05) is 51.1 Å². The first kappa shape index (κ1) is 21.6. The van der Waals surface area contributed by atoms with Crippen molar-refractivity contribution < 1.29 is 19.1 Å². The average molecular weight is 431 g/mol. The number of carbonyl (C=O) groups is 2. The van der Waals surface area contributed by atoms with Crippen molar-refractivity contribution in [3.8, 4) is 22.8 Å². The van der Waals surface area contributed by atoms with Crippen molar-refractivity contribution in [3.05, 3.63) is 77.5 Å². The first-order valence-electron chi connectivity index (χ1n) is 10.9. The van der Waals surface area contributed by atoms with Crippen LogP contribution in [0.5, 0.6) is 11.5 Å². The Bertz CT molecular complexity index is 1120. The molecule has 0 bridgehead atoms. The quantitative estimate of drug-likeness (QED) is 0.454. The summed E-state index contributed by atoms with van der Waals surface area (Å²) >= 11 is 0. The Morgan fingerprint density at radius 2 is 1.50 bits per heavy atom. The van der Waals surface area contributed by atoms with E-state index in [1.54, 1.807) is 30.5 Å². The molecule has 1 aliphatic rings. The molecule has 0 radical (unpaired) electrons. The molecule has 2 aromatic carbocycles. The maximum atomic E-state index is 13.1. The Morgan fingerprint density at radius 3 is 2.12 bits per heavy atom.